The normalized spacial score (nSPS) is 12.4. The summed E-state index contributed by atoms with van der Waals surface area (Å²) in [4.78, 5) is 0.320. The molecule has 2 aromatic carbocycles. The fraction of sp³-hybridized carbons (Fsp3) is 0.0769. The highest BCUT2D eigenvalue weighted by Gasteiger charge is 2.16. The second-order valence-electron chi connectivity index (χ2n) is 3.77. The lowest BCUT2D eigenvalue weighted by Gasteiger charge is -2.07. The van der Waals surface area contributed by atoms with Gasteiger partial charge in [-0.3, -0.25) is 4.21 Å². The van der Waals surface area contributed by atoms with Gasteiger partial charge in [0.1, 0.15) is 17.5 Å². The molecule has 0 aliphatic heterocycles. The Hall–Kier alpha value is -1.14. The molecule has 6 heteroatoms. The molecule has 0 aromatic heterocycles. The molecule has 19 heavy (non-hydrogen) atoms. The summed E-state index contributed by atoms with van der Waals surface area (Å²) in [5.41, 5.74) is -0.253. The van der Waals surface area contributed by atoms with E-state index in [2.05, 4.69) is 15.9 Å². The third-order valence-corrected chi connectivity index (χ3v) is 4.45. The molecule has 1 unspecified atom stereocenters. The van der Waals surface area contributed by atoms with Crippen molar-refractivity contribution in [3.05, 3.63) is 63.9 Å². The van der Waals surface area contributed by atoms with E-state index in [0.717, 1.165) is 18.2 Å². The fourth-order valence-electron chi connectivity index (χ4n) is 1.50. The Balaban J connectivity index is 2.29. The van der Waals surface area contributed by atoms with Gasteiger partial charge in [0.2, 0.25) is 0 Å². The standard InChI is InChI=1S/C13H8BrF3OS/c14-11-5-6-12(16)10(13(11)17)7-19(18)9-3-1-8(15)2-4-9/h1-6H,7H2. The predicted octanol–water partition coefficient (Wildman–Crippen LogP) is 4.17. The van der Waals surface area contributed by atoms with Crippen molar-refractivity contribution in [1.82, 2.24) is 0 Å². The zero-order chi connectivity index (χ0) is 14.0. The number of halogens is 4. The molecule has 0 amide bonds. The van der Waals surface area contributed by atoms with E-state index >= 15 is 0 Å². The third-order valence-electron chi connectivity index (χ3n) is 2.49. The Morgan fingerprint density at radius 2 is 1.63 bits per heavy atom. The van der Waals surface area contributed by atoms with Crippen LogP contribution in [0.3, 0.4) is 0 Å². The van der Waals surface area contributed by atoms with Crippen LogP contribution in [0.25, 0.3) is 0 Å². The minimum Gasteiger partial charge on any atom is -0.254 e. The monoisotopic (exact) mass is 348 g/mol. The van der Waals surface area contributed by atoms with Crippen LogP contribution in [0.5, 0.6) is 0 Å². The largest absolute Gasteiger partial charge is 0.254 e. The van der Waals surface area contributed by atoms with Crippen molar-refractivity contribution in [2.24, 2.45) is 0 Å². The fourth-order valence-corrected chi connectivity index (χ4v) is 3.01. The molecule has 0 radical (unpaired) electrons. The highest BCUT2D eigenvalue weighted by Crippen LogP contribution is 2.24. The molecule has 0 spiro atoms. The van der Waals surface area contributed by atoms with Gasteiger partial charge in [-0.1, -0.05) is 0 Å². The van der Waals surface area contributed by atoms with E-state index in [1.807, 2.05) is 0 Å². The Morgan fingerprint density at radius 3 is 2.26 bits per heavy atom. The predicted molar refractivity (Wildman–Crippen MR) is 70.6 cm³/mol. The van der Waals surface area contributed by atoms with Gasteiger partial charge in [-0.15, -0.1) is 0 Å². The van der Waals surface area contributed by atoms with Crippen LogP contribution >= 0.6 is 15.9 Å². The zero-order valence-electron chi connectivity index (χ0n) is 9.50. The molecule has 2 aromatic rings. The van der Waals surface area contributed by atoms with E-state index < -0.39 is 28.3 Å². The van der Waals surface area contributed by atoms with Gasteiger partial charge >= 0.3 is 0 Å². The molecule has 0 saturated carbocycles. The Bertz CT molecular complexity index is 629. The third kappa shape index (κ3) is 3.25. The van der Waals surface area contributed by atoms with Gasteiger partial charge in [0.05, 0.1) is 21.0 Å². The first-order valence-corrected chi connectivity index (χ1v) is 7.36. The maximum absolute atomic E-state index is 13.7. The molecular weight excluding hydrogens is 341 g/mol. The SMILES string of the molecule is O=S(Cc1c(F)ccc(Br)c1F)c1ccc(F)cc1. The van der Waals surface area contributed by atoms with E-state index in [9.17, 15) is 17.4 Å². The molecule has 1 nitrogen and oxygen atoms in total. The number of rotatable bonds is 3. The van der Waals surface area contributed by atoms with Crippen LogP contribution in [0.15, 0.2) is 45.8 Å². The van der Waals surface area contributed by atoms with Crippen LogP contribution in [0.4, 0.5) is 13.2 Å². The maximum atomic E-state index is 13.7. The van der Waals surface area contributed by atoms with E-state index in [-0.39, 0.29) is 15.8 Å². The minimum absolute atomic E-state index is 0.111. The maximum Gasteiger partial charge on any atom is 0.144 e. The lowest BCUT2D eigenvalue weighted by molar-refractivity contribution is 0.560. The smallest absolute Gasteiger partial charge is 0.144 e. The topological polar surface area (TPSA) is 17.1 Å². The van der Waals surface area contributed by atoms with Crippen molar-refractivity contribution in [2.75, 3.05) is 0 Å². The molecule has 1 atom stereocenters. The first-order valence-electron chi connectivity index (χ1n) is 5.25. The summed E-state index contributed by atoms with van der Waals surface area (Å²) in [6.45, 7) is 0. The lowest BCUT2D eigenvalue weighted by Crippen LogP contribution is -2.03. The summed E-state index contributed by atoms with van der Waals surface area (Å²) < 4.78 is 52.1. The quantitative estimate of drug-likeness (QED) is 0.760. The van der Waals surface area contributed by atoms with Crippen molar-refractivity contribution in [2.45, 2.75) is 10.6 Å². The van der Waals surface area contributed by atoms with Crippen LogP contribution in [0.1, 0.15) is 5.56 Å². The zero-order valence-corrected chi connectivity index (χ0v) is 11.9. The first-order chi connectivity index (χ1) is 8.99. The molecule has 0 N–H and O–H groups in total. The molecule has 100 valence electrons. The van der Waals surface area contributed by atoms with Gasteiger partial charge in [-0.2, -0.15) is 0 Å². The second-order valence-corrected chi connectivity index (χ2v) is 6.07. The molecule has 0 saturated heterocycles. The summed E-state index contributed by atoms with van der Waals surface area (Å²) in [5.74, 6) is -2.28. The average molecular weight is 349 g/mol. The van der Waals surface area contributed by atoms with E-state index in [4.69, 9.17) is 0 Å². The van der Waals surface area contributed by atoms with E-state index in [1.54, 1.807) is 0 Å². The van der Waals surface area contributed by atoms with Gasteiger partial charge in [0.25, 0.3) is 0 Å². The number of hydrogen-bond donors (Lipinski definition) is 0. The summed E-state index contributed by atoms with van der Waals surface area (Å²) in [6.07, 6.45) is 0. The average Bonchev–Trinajstić information content (AvgIpc) is 2.40. The van der Waals surface area contributed by atoms with Gasteiger partial charge in [-0.25, -0.2) is 13.2 Å². The Morgan fingerprint density at radius 1 is 1.00 bits per heavy atom. The van der Waals surface area contributed by atoms with E-state index in [0.29, 0.717) is 4.90 Å². The number of benzene rings is 2. The van der Waals surface area contributed by atoms with Gasteiger partial charge < -0.3 is 0 Å². The number of hydrogen-bond acceptors (Lipinski definition) is 1. The van der Waals surface area contributed by atoms with Crippen LogP contribution < -0.4 is 0 Å². The van der Waals surface area contributed by atoms with Crippen molar-refractivity contribution in [3.63, 3.8) is 0 Å². The van der Waals surface area contributed by atoms with Crippen LogP contribution in [0.2, 0.25) is 0 Å². The van der Waals surface area contributed by atoms with E-state index in [1.165, 1.54) is 18.2 Å². The molecular formula is C13H8BrF3OS. The van der Waals surface area contributed by atoms with Crippen LogP contribution in [-0.2, 0) is 16.6 Å². The highest BCUT2D eigenvalue weighted by molar-refractivity contribution is 9.10. The minimum atomic E-state index is -1.64. The van der Waals surface area contributed by atoms with Crippen molar-refractivity contribution < 1.29 is 17.4 Å². The Kier molecular flexibility index (Phi) is 4.42. The summed E-state index contributed by atoms with van der Waals surface area (Å²) >= 11 is 2.95. The Labute approximate surface area is 119 Å². The second kappa shape index (κ2) is 5.88. The van der Waals surface area contributed by atoms with Crippen LogP contribution in [0, 0.1) is 17.5 Å². The van der Waals surface area contributed by atoms with Gasteiger partial charge in [0, 0.05) is 10.5 Å². The van der Waals surface area contributed by atoms with Gasteiger partial charge in [-0.05, 0) is 52.3 Å². The summed E-state index contributed by atoms with van der Waals surface area (Å²) in [5, 5.41) is 0. The van der Waals surface area contributed by atoms with Crippen LogP contribution in [-0.4, -0.2) is 4.21 Å². The molecule has 0 bridgehead atoms. The molecule has 0 heterocycles. The van der Waals surface area contributed by atoms with Gasteiger partial charge in [0.15, 0.2) is 0 Å². The molecule has 2 rings (SSSR count). The van der Waals surface area contributed by atoms with Crippen molar-refractivity contribution in [1.29, 1.82) is 0 Å². The van der Waals surface area contributed by atoms with Crippen molar-refractivity contribution in [3.8, 4) is 0 Å². The molecule has 0 fully saturated rings. The molecule has 0 aliphatic rings. The molecule has 0 aliphatic carbocycles. The van der Waals surface area contributed by atoms with Crippen molar-refractivity contribution >= 4 is 26.7 Å². The highest BCUT2D eigenvalue weighted by atomic mass is 79.9. The summed E-state index contributed by atoms with van der Waals surface area (Å²) in [6, 6.07) is 7.32. The summed E-state index contributed by atoms with van der Waals surface area (Å²) in [7, 11) is -1.64. The lowest BCUT2D eigenvalue weighted by atomic mass is 10.2. The first kappa shape index (κ1) is 14.3.